The molecule has 2 heterocycles. The van der Waals surface area contributed by atoms with Gasteiger partial charge in [-0.2, -0.15) is 0 Å². The molecule has 1 aromatic heterocycles. The Morgan fingerprint density at radius 2 is 2.44 bits per heavy atom. The van der Waals surface area contributed by atoms with Crippen molar-refractivity contribution in [3.63, 3.8) is 0 Å². The van der Waals surface area contributed by atoms with Crippen LogP contribution in [0.15, 0.2) is 10.6 Å². The normalized spacial score (nSPS) is 26.1. The summed E-state index contributed by atoms with van der Waals surface area (Å²) in [6.45, 7) is 5.89. The number of nitrogens with zero attached hydrogens (tertiary/aromatic N) is 2. The van der Waals surface area contributed by atoms with Gasteiger partial charge in [-0.3, -0.25) is 9.69 Å². The molecule has 88 valence electrons. The van der Waals surface area contributed by atoms with Gasteiger partial charge in [0.25, 0.3) is 0 Å². The molecule has 0 spiro atoms. The molecule has 1 fully saturated rings. The average Bonchev–Trinajstić information content (AvgIpc) is 2.73. The van der Waals surface area contributed by atoms with Crippen molar-refractivity contribution in [1.29, 1.82) is 0 Å². The molecule has 2 atom stereocenters. The Balaban J connectivity index is 1.96. The highest BCUT2D eigenvalue weighted by molar-refractivity contribution is 5.71. The molecule has 1 aliphatic rings. The average molecular weight is 224 g/mol. The van der Waals surface area contributed by atoms with Gasteiger partial charge in [0.1, 0.15) is 0 Å². The molecule has 0 saturated carbocycles. The van der Waals surface area contributed by atoms with E-state index in [1.54, 1.807) is 0 Å². The maximum Gasteiger partial charge on any atom is 0.308 e. The number of aryl methyl sites for hydroxylation is 1. The Morgan fingerprint density at radius 3 is 2.94 bits per heavy atom. The lowest BCUT2D eigenvalue weighted by atomic mass is 9.99. The zero-order chi connectivity index (χ0) is 11.7. The van der Waals surface area contributed by atoms with Crippen molar-refractivity contribution in [3.05, 3.63) is 17.5 Å². The standard InChI is InChI=1S/C11H16N2O3/c1-7-4-13(6-10(7)11(14)15)5-9-3-8(2)12-16-9/h3,7,10H,4-6H2,1-2H3,(H,14,15). The van der Waals surface area contributed by atoms with E-state index in [2.05, 4.69) is 10.1 Å². The molecule has 2 rings (SSSR count). The topological polar surface area (TPSA) is 66.6 Å². The lowest BCUT2D eigenvalue weighted by Crippen LogP contribution is -2.23. The summed E-state index contributed by atoms with van der Waals surface area (Å²) in [6, 6.07) is 1.89. The summed E-state index contributed by atoms with van der Waals surface area (Å²) in [4.78, 5) is 13.1. The zero-order valence-corrected chi connectivity index (χ0v) is 9.51. The Kier molecular flexibility index (Phi) is 2.96. The summed E-state index contributed by atoms with van der Waals surface area (Å²) >= 11 is 0. The Hall–Kier alpha value is -1.36. The number of carboxylic acids is 1. The molecule has 0 amide bonds. The van der Waals surface area contributed by atoms with E-state index in [4.69, 9.17) is 9.63 Å². The van der Waals surface area contributed by atoms with Crippen LogP contribution < -0.4 is 0 Å². The number of likely N-dealkylation sites (tertiary alicyclic amines) is 1. The molecule has 0 aromatic carbocycles. The van der Waals surface area contributed by atoms with Crippen LogP contribution in [0.2, 0.25) is 0 Å². The third-order valence-corrected chi connectivity index (χ3v) is 3.06. The van der Waals surface area contributed by atoms with Crippen molar-refractivity contribution in [3.8, 4) is 0 Å². The molecule has 1 aromatic rings. The van der Waals surface area contributed by atoms with Crippen LogP contribution in [0.5, 0.6) is 0 Å². The minimum absolute atomic E-state index is 0.196. The van der Waals surface area contributed by atoms with Gasteiger partial charge in [-0.1, -0.05) is 12.1 Å². The highest BCUT2D eigenvalue weighted by Crippen LogP contribution is 2.24. The fourth-order valence-corrected chi connectivity index (χ4v) is 2.23. The first kappa shape index (κ1) is 11.1. The number of aromatic nitrogens is 1. The Bertz CT molecular complexity index is 388. The lowest BCUT2D eigenvalue weighted by Gasteiger charge is -2.12. The Labute approximate surface area is 94.0 Å². The Morgan fingerprint density at radius 1 is 1.69 bits per heavy atom. The van der Waals surface area contributed by atoms with Gasteiger partial charge in [-0.25, -0.2) is 0 Å². The SMILES string of the molecule is Cc1cc(CN2CC(C)C(C(=O)O)C2)on1. The summed E-state index contributed by atoms with van der Waals surface area (Å²) < 4.78 is 5.12. The predicted molar refractivity (Wildman–Crippen MR) is 56.8 cm³/mol. The molecule has 5 heteroatoms. The van der Waals surface area contributed by atoms with Gasteiger partial charge in [0.05, 0.1) is 18.2 Å². The molecule has 0 radical (unpaired) electrons. The monoisotopic (exact) mass is 224 g/mol. The van der Waals surface area contributed by atoms with Gasteiger partial charge in [-0.15, -0.1) is 0 Å². The van der Waals surface area contributed by atoms with E-state index in [9.17, 15) is 4.79 Å². The van der Waals surface area contributed by atoms with Gasteiger partial charge < -0.3 is 9.63 Å². The van der Waals surface area contributed by atoms with Gasteiger partial charge in [0, 0.05) is 19.2 Å². The number of rotatable bonds is 3. The van der Waals surface area contributed by atoms with Crippen LogP contribution in [0, 0.1) is 18.8 Å². The molecule has 1 aliphatic heterocycles. The third-order valence-electron chi connectivity index (χ3n) is 3.06. The molecule has 1 saturated heterocycles. The molecular formula is C11H16N2O3. The number of aliphatic carboxylic acids is 1. The van der Waals surface area contributed by atoms with Gasteiger partial charge in [0.2, 0.25) is 0 Å². The van der Waals surface area contributed by atoms with Crippen LogP contribution in [-0.4, -0.2) is 34.2 Å². The number of hydrogen-bond acceptors (Lipinski definition) is 4. The first-order valence-electron chi connectivity index (χ1n) is 5.43. The van der Waals surface area contributed by atoms with E-state index < -0.39 is 5.97 Å². The molecule has 1 N–H and O–H groups in total. The van der Waals surface area contributed by atoms with Crippen molar-refractivity contribution >= 4 is 5.97 Å². The van der Waals surface area contributed by atoms with Gasteiger partial charge in [-0.05, 0) is 12.8 Å². The number of carbonyl (C=O) groups is 1. The van der Waals surface area contributed by atoms with Crippen LogP contribution in [0.1, 0.15) is 18.4 Å². The number of hydrogen-bond donors (Lipinski definition) is 1. The second kappa shape index (κ2) is 4.25. The zero-order valence-electron chi connectivity index (χ0n) is 9.51. The van der Waals surface area contributed by atoms with Crippen LogP contribution in [0.4, 0.5) is 0 Å². The predicted octanol–water partition coefficient (Wildman–Crippen LogP) is 1.14. The fourth-order valence-electron chi connectivity index (χ4n) is 2.23. The lowest BCUT2D eigenvalue weighted by molar-refractivity contribution is -0.142. The highest BCUT2D eigenvalue weighted by Gasteiger charge is 2.34. The second-order valence-corrected chi connectivity index (χ2v) is 4.55. The van der Waals surface area contributed by atoms with E-state index in [-0.39, 0.29) is 11.8 Å². The van der Waals surface area contributed by atoms with E-state index >= 15 is 0 Å². The minimum atomic E-state index is -0.705. The van der Waals surface area contributed by atoms with Gasteiger partial charge in [0.15, 0.2) is 5.76 Å². The molecular weight excluding hydrogens is 208 g/mol. The smallest absolute Gasteiger partial charge is 0.308 e. The third kappa shape index (κ3) is 2.24. The highest BCUT2D eigenvalue weighted by atomic mass is 16.5. The largest absolute Gasteiger partial charge is 0.481 e. The summed E-state index contributed by atoms with van der Waals surface area (Å²) in [5.41, 5.74) is 0.858. The molecule has 2 unspecified atom stereocenters. The molecule has 5 nitrogen and oxygen atoms in total. The first-order valence-corrected chi connectivity index (χ1v) is 5.43. The summed E-state index contributed by atoms with van der Waals surface area (Å²) in [5, 5.41) is 12.8. The first-order chi connectivity index (χ1) is 7.56. The van der Waals surface area contributed by atoms with E-state index in [0.717, 1.165) is 18.0 Å². The van der Waals surface area contributed by atoms with E-state index in [1.807, 2.05) is 19.9 Å². The molecule has 0 aliphatic carbocycles. The van der Waals surface area contributed by atoms with E-state index in [0.29, 0.717) is 13.1 Å². The van der Waals surface area contributed by atoms with Gasteiger partial charge >= 0.3 is 5.97 Å². The summed E-state index contributed by atoms with van der Waals surface area (Å²) in [7, 11) is 0. The van der Waals surface area contributed by atoms with Crippen LogP contribution in [0.3, 0.4) is 0 Å². The van der Waals surface area contributed by atoms with Crippen molar-refractivity contribution < 1.29 is 14.4 Å². The van der Waals surface area contributed by atoms with Crippen LogP contribution in [-0.2, 0) is 11.3 Å². The molecule has 0 bridgehead atoms. The summed E-state index contributed by atoms with van der Waals surface area (Å²) in [6.07, 6.45) is 0. The van der Waals surface area contributed by atoms with Crippen LogP contribution in [0.25, 0.3) is 0 Å². The number of carboxylic acid groups (broad SMARTS) is 1. The fraction of sp³-hybridized carbons (Fsp3) is 0.636. The maximum absolute atomic E-state index is 11.0. The van der Waals surface area contributed by atoms with Crippen molar-refractivity contribution in [2.75, 3.05) is 13.1 Å². The quantitative estimate of drug-likeness (QED) is 0.833. The van der Waals surface area contributed by atoms with Crippen molar-refractivity contribution in [1.82, 2.24) is 10.1 Å². The minimum Gasteiger partial charge on any atom is -0.481 e. The molecule has 16 heavy (non-hydrogen) atoms. The van der Waals surface area contributed by atoms with Crippen LogP contribution >= 0.6 is 0 Å². The maximum atomic E-state index is 11.0. The van der Waals surface area contributed by atoms with Crippen molar-refractivity contribution in [2.45, 2.75) is 20.4 Å². The second-order valence-electron chi connectivity index (χ2n) is 4.55. The summed E-state index contributed by atoms with van der Waals surface area (Å²) in [5.74, 6) is 0.0324. The van der Waals surface area contributed by atoms with Crippen molar-refractivity contribution in [2.24, 2.45) is 11.8 Å². The van der Waals surface area contributed by atoms with E-state index in [1.165, 1.54) is 0 Å².